The Balaban J connectivity index is 1.15. The fourth-order valence-corrected chi connectivity index (χ4v) is 7.38. The molecule has 0 aliphatic rings. The summed E-state index contributed by atoms with van der Waals surface area (Å²) in [5, 5.41) is 2.14. The maximum Gasteiger partial charge on any atom is 0.164 e. The zero-order valence-corrected chi connectivity index (χ0v) is 29.8. The standard InChI is InChI=1S/C51H33N3O/c1-5-14-34(15-6-1)37-24-26-39(27-25-37)49-52-50(40-28-29-45-47(33-40)55-46-23-13-22-44(48(45)46)38-20-11-4-12-21-38)54-51(53-49)43-31-41(35-16-7-2-8-17-35)30-42(32-43)36-18-9-3-10-19-36/h1-33H. The van der Waals surface area contributed by atoms with Crippen LogP contribution in [0.15, 0.2) is 205 Å². The summed E-state index contributed by atoms with van der Waals surface area (Å²) in [6, 6.07) is 69.3. The smallest absolute Gasteiger partial charge is 0.164 e. The molecule has 8 aromatic carbocycles. The van der Waals surface area contributed by atoms with Crippen LogP contribution in [0.2, 0.25) is 0 Å². The predicted molar refractivity (Wildman–Crippen MR) is 225 cm³/mol. The van der Waals surface area contributed by atoms with Gasteiger partial charge in [-0.15, -0.1) is 0 Å². The van der Waals surface area contributed by atoms with Crippen molar-refractivity contribution in [2.75, 3.05) is 0 Å². The van der Waals surface area contributed by atoms with Gasteiger partial charge < -0.3 is 4.42 Å². The molecule has 4 nitrogen and oxygen atoms in total. The molecule has 10 rings (SSSR count). The maximum absolute atomic E-state index is 6.52. The van der Waals surface area contributed by atoms with Gasteiger partial charge in [0, 0.05) is 27.5 Å². The van der Waals surface area contributed by atoms with E-state index < -0.39 is 0 Å². The summed E-state index contributed by atoms with van der Waals surface area (Å²) in [7, 11) is 0. The van der Waals surface area contributed by atoms with Crippen LogP contribution >= 0.6 is 0 Å². The molecule has 2 aromatic heterocycles. The first kappa shape index (κ1) is 32.2. The van der Waals surface area contributed by atoms with Crippen LogP contribution in [-0.4, -0.2) is 15.0 Å². The minimum Gasteiger partial charge on any atom is -0.456 e. The highest BCUT2D eigenvalue weighted by Gasteiger charge is 2.18. The van der Waals surface area contributed by atoms with Crippen LogP contribution < -0.4 is 0 Å². The molecule has 2 heterocycles. The van der Waals surface area contributed by atoms with E-state index in [0.29, 0.717) is 17.5 Å². The van der Waals surface area contributed by atoms with E-state index in [1.54, 1.807) is 0 Å². The van der Waals surface area contributed by atoms with Gasteiger partial charge in [0.2, 0.25) is 0 Å². The molecular weight excluding hydrogens is 671 g/mol. The fraction of sp³-hybridized carbons (Fsp3) is 0. The van der Waals surface area contributed by atoms with Crippen molar-refractivity contribution >= 4 is 21.9 Å². The summed E-state index contributed by atoms with van der Waals surface area (Å²) in [5.41, 5.74) is 13.3. The van der Waals surface area contributed by atoms with Crippen molar-refractivity contribution in [1.29, 1.82) is 0 Å². The molecule has 0 fully saturated rings. The molecule has 0 spiro atoms. The Morgan fingerprint density at radius 1 is 0.273 bits per heavy atom. The van der Waals surface area contributed by atoms with Gasteiger partial charge in [0.05, 0.1) is 0 Å². The molecule has 0 N–H and O–H groups in total. The van der Waals surface area contributed by atoms with Gasteiger partial charge in [-0.25, -0.2) is 15.0 Å². The lowest BCUT2D eigenvalue weighted by atomic mass is 9.96. The highest BCUT2D eigenvalue weighted by molar-refractivity contribution is 6.13. The van der Waals surface area contributed by atoms with Crippen LogP contribution in [0.3, 0.4) is 0 Å². The second kappa shape index (κ2) is 13.8. The molecule has 10 aromatic rings. The molecule has 0 amide bonds. The molecule has 0 saturated carbocycles. The van der Waals surface area contributed by atoms with E-state index in [1.807, 2.05) is 30.3 Å². The minimum atomic E-state index is 0.573. The van der Waals surface area contributed by atoms with E-state index >= 15 is 0 Å². The van der Waals surface area contributed by atoms with E-state index in [9.17, 15) is 0 Å². The van der Waals surface area contributed by atoms with Gasteiger partial charge in [0.1, 0.15) is 11.2 Å². The normalized spacial score (nSPS) is 11.3. The third-order valence-electron chi connectivity index (χ3n) is 10.1. The van der Waals surface area contributed by atoms with E-state index in [0.717, 1.165) is 83.1 Å². The van der Waals surface area contributed by atoms with Gasteiger partial charge >= 0.3 is 0 Å². The van der Waals surface area contributed by atoms with Crippen LogP contribution in [0.4, 0.5) is 0 Å². The Morgan fingerprint density at radius 3 is 1.29 bits per heavy atom. The number of fused-ring (bicyclic) bond motifs is 3. The summed E-state index contributed by atoms with van der Waals surface area (Å²) in [6.07, 6.45) is 0. The number of hydrogen-bond acceptors (Lipinski definition) is 4. The quantitative estimate of drug-likeness (QED) is 0.166. The predicted octanol–water partition coefficient (Wildman–Crippen LogP) is 13.4. The van der Waals surface area contributed by atoms with Crippen molar-refractivity contribution in [3.05, 3.63) is 200 Å². The molecular formula is C51H33N3O. The largest absolute Gasteiger partial charge is 0.456 e. The summed E-state index contributed by atoms with van der Waals surface area (Å²) in [4.78, 5) is 15.5. The van der Waals surface area contributed by atoms with Crippen LogP contribution in [0.1, 0.15) is 0 Å². The molecule has 55 heavy (non-hydrogen) atoms. The van der Waals surface area contributed by atoms with Crippen LogP contribution in [0, 0.1) is 0 Å². The lowest BCUT2D eigenvalue weighted by molar-refractivity contribution is 0.669. The minimum absolute atomic E-state index is 0.573. The Kier molecular flexibility index (Phi) is 8.12. The van der Waals surface area contributed by atoms with Gasteiger partial charge in [-0.05, 0) is 80.9 Å². The molecule has 258 valence electrons. The number of aromatic nitrogens is 3. The molecule has 0 aliphatic heterocycles. The van der Waals surface area contributed by atoms with E-state index in [-0.39, 0.29) is 0 Å². The maximum atomic E-state index is 6.52. The van der Waals surface area contributed by atoms with Crippen molar-refractivity contribution in [2.24, 2.45) is 0 Å². The second-order valence-corrected chi connectivity index (χ2v) is 13.6. The van der Waals surface area contributed by atoms with E-state index in [4.69, 9.17) is 19.4 Å². The molecule has 0 atom stereocenters. The Morgan fingerprint density at radius 2 is 0.709 bits per heavy atom. The summed E-state index contributed by atoms with van der Waals surface area (Å²) >= 11 is 0. The number of furan rings is 1. The third kappa shape index (κ3) is 6.26. The molecule has 0 radical (unpaired) electrons. The topological polar surface area (TPSA) is 51.8 Å². The molecule has 0 unspecified atom stereocenters. The van der Waals surface area contributed by atoms with Gasteiger partial charge in [0.25, 0.3) is 0 Å². The van der Waals surface area contributed by atoms with E-state index in [1.165, 1.54) is 0 Å². The number of benzene rings is 8. The van der Waals surface area contributed by atoms with Crippen molar-refractivity contribution in [3.8, 4) is 78.7 Å². The van der Waals surface area contributed by atoms with Crippen molar-refractivity contribution < 1.29 is 4.42 Å². The summed E-state index contributed by atoms with van der Waals surface area (Å²) in [6.45, 7) is 0. The molecule has 4 heteroatoms. The third-order valence-corrected chi connectivity index (χ3v) is 10.1. The SMILES string of the molecule is c1ccc(-c2ccc(-c3nc(-c4cc(-c5ccccc5)cc(-c5ccccc5)c4)nc(-c4ccc5c(c4)oc4cccc(-c6ccccc6)c45)n3)cc2)cc1. The summed E-state index contributed by atoms with van der Waals surface area (Å²) in [5.74, 6) is 1.77. The van der Waals surface area contributed by atoms with Crippen LogP contribution in [-0.2, 0) is 0 Å². The monoisotopic (exact) mass is 703 g/mol. The number of nitrogens with zero attached hydrogens (tertiary/aromatic N) is 3. The summed E-state index contributed by atoms with van der Waals surface area (Å²) < 4.78 is 6.52. The first-order chi connectivity index (χ1) is 27.2. The van der Waals surface area contributed by atoms with Crippen molar-refractivity contribution in [3.63, 3.8) is 0 Å². The second-order valence-electron chi connectivity index (χ2n) is 13.6. The van der Waals surface area contributed by atoms with E-state index in [2.05, 4.69) is 170 Å². The zero-order chi connectivity index (χ0) is 36.6. The number of hydrogen-bond donors (Lipinski definition) is 0. The first-order valence-electron chi connectivity index (χ1n) is 18.4. The molecule has 0 bridgehead atoms. The zero-order valence-electron chi connectivity index (χ0n) is 29.8. The van der Waals surface area contributed by atoms with Crippen LogP contribution in [0.25, 0.3) is 101 Å². The van der Waals surface area contributed by atoms with Crippen LogP contribution in [0.5, 0.6) is 0 Å². The Labute approximate surface area is 319 Å². The lowest BCUT2D eigenvalue weighted by Gasteiger charge is -2.13. The molecule has 0 aliphatic carbocycles. The highest BCUT2D eigenvalue weighted by atomic mass is 16.3. The average molecular weight is 704 g/mol. The molecule has 0 saturated heterocycles. The van der Waals surface area contributed by atoms with Gasteiger partial charge in [-0.2, -0.15) is 0 Å². The Bertz CT molecular complexity index is 2880. The van der Waals surface area contributed by atoms with Gasteiger partial charge in [0.15, 0.2) is 17.5 Å². The number of rotatable bonds is 7. The highest BCUT2D eigenvalue weighted by Crippen LogP contribution is 2.39. The van der Waals surface area contributed by atoms with Gasteiger partial charge in [-0.3, -0.25) is 0 Å². The Hall–Kier alpha value is -7.43. The lowest BCUT2D eigenvalue weighted by Crippen LogP contribution is -2.00. The van der Waals surface area contributed by atoms with Gasteiger partial charge in [-0.1, -0.05) is 164 Å². The first-order valence-corrected chi connectivity index (χ1v) is 18.4. The average Bonchev–Trinajstić information content (AvgIpc) is 3.66. The fourth-order valence-electron chi connectivity index (χ4n) is 7.38. The van der Waals surface area contributed by atoms with Crippen molar-refractivity contribution in [1.82, 2.24) is 15.0 Å². The van der Waals surface area contributed by atoms with Crippen molar-refractivity contribution in [2.45, 2.75) is 0 Å².